The molecular weight excluding hydrogens is 368 g/mol. The Morgan fingerprint density at radius 2 is 2.00 bits per heavy atom. The van der Waals surface area contributed by atoms with Crippen molar-refractivity contribution in [1.29, 1.82) is 0 Å². The molecule has 0 aliphatic carbocycles. The van der Waals surface area contributed by atoms with Crippen molar-refractivity contribution in [3.05, 3.63) is 42.0 Å². The molecule has 7 nitrogen and oxygen atoms in total. The topological polar surface area (TPSA) is 105 Å². The van der Waals surface area contributed by atoms with Gasteiger partial charge in [-0.2, -0.15) is 0 Å². The highest BCUT2D eigenvalue weighted by Gasteiger charge is 2.23. The molecule has 1 aromatic rings. The molecule has 148 valence electrons. The van der Waals surface area contributed by atoms with Gasteiger partial charge in [-0.1, -0.05) is 31.2 Å². The van der Waals surface area contributed by atoms with Crippen LogP contribution in [0, 0.1) is 0 Å². The van der Waals surface area contributed by atoms with E-state index in [1.54, 1.807) is 12.1 Å². The molecule has 1 rings (SSSR count). The molecule has 0 aromatic heterocycles. The Balaban J connectivity index is 2.48. The van der Waals surface area contributed by atoms with Crippen LogP contribution < -0.4 is 10.6 Å². The van der Waals surface area contributed by atoms with E-state index in [-0.39, 0.29) is 30.2 Å². The number of methoxy groups -OCH3 is 1. The number of benzene rings is 1. The molecular formula is C19H26N2O5S. The van der Waals surface area contributed by atoms with Gasteiger partial charge < -0.3 is 20.5 Å². The van der Waals surface area contributed by atoms with Gasteiger partial charge in [0.1, 0.15) is 11.8 Å². The van der Waals surface area contributed by atoms with Crippen molar-refractivity contribution in [1.82, 2.24) is 10.6 Å². The number of carbonyl (C=O) groups is 3. The lowest BCUT2D eigenvalue weighted by molar-refractivity contribution is -0.143. The van der Waals surface area contributed by atoms with Crippen LogP contribution >= 0.6 is 11.8 Å². The Hall–Kier alpha value is -2.48. The third kappa shape index (κ3) is 8.63. The molecule has 8 heteroatoms. The Morgan fingerprint density at radius 1 is 1.26 bits per heavy atom. The highest BCUT2D eigenvalue weighted by atomic mass is 32.2. The van der Waals surface area contributed by atoms with E-state index < -0.39 is 17.9 Å². The summed E-state index contributed by atoms with van der Waals surface area (Å²) in [7, 11) is 1.22. The largest absolute Gasteiger partial charge is 0.507 e. The average molecular weight is 394 g/mol. The molecule has 3 N–H and O–H groups in total. The van der Waals surface area contributed by atoms with Crippen LogP contribution in [0.2, 0.25) is 0 Å². The van der Waals surface area contributed by atoms with Crippen molar-refractivity contribution in [3.63, 3.8) is 0 Å². The molecule has 0 spiro atoms. The lowest BCUT2D eigenvalue weighted by atomic mass is 10.1. The molecule has 0 aliphatic heterocycles. The Labute approximate surface area is 163 Å². The molecule has 1 aromatic carbocycles. The second kappa shape index (κ2) is 12.8. The minimum absolute atomic E-state index is 0.0620. The van der Waals surface area contributed by atoms with Crippen LogP contribution in [0.15, 0.2) is 36.4 Å². The van der Waals surface area contributed by atoms with Crippen LogP contribution in [-0.2, 0) is 14.3 Å². The maximum Gasteiger partial charge on any atom is 0.328 e. The quantitative estimate of drug-likeness (QED) is 0.301. The minimum atomic E-state index is -0.928. The summed E-state index contributed by atoms with van der Waals surface area (Å²) in [5.41, 5.74) is 0.0620. The standard InChI is InChI=1S/C19H26N2O5S/c1-3-4-7-12-27-13-17(23)20-11-10-15(19(25)26-2)21-18(24)14-8-5-6-9-16(14)22/h4-9,15,22H,3,10-13H2,1-2H3,(H,20,23)(H,21,24)/b7-4-. The number of phenolic OH excluding ortho intramolecular Hbond substituents is 1. The summed E-state index contributed by atoms with van der Waals surface area (Å²) in [4.78, 5) is 35.9. The van der Waals surface area contributed by atoms with Gasteiger partial charge in [-0.15, -0.1) is 11.8 Å². The molecule has 0 fully saturated rings. The number of thioether (sulfide) groups is 1. The Kier molecular flexibility index (Phi) is 10.7. The van der Waals surface area contributed by atoms with E-state index in [2.05, 4.69) is 10.6 Å². The number of rotatable bonds is 11. The van der Waals surface area contributed by atoms with Gasteiger partial charge in [-0.25, -0.2) is 4.79 Å². The summed E-state index contributed by atoms with van der Waals surface area (Å²) in [5.74, 6) is -0.439. The highest BCUT2D eigenvalue weighted by molar-refractivity contribution is 8.00. The monoisotopic (exact) mass is 394 g/mol. The number of aromatic hydroxyl groups is 1. The van der Waals surface area contributed by atoms with Crippen LogP contribution in [0.4, 0.5) is 0 Å². The maximum atomic E-state index is 12.2. The number of carbonyl (C=O) groups excluding carboxylic acids is 3. The molecule has 0 heterocycles. The number of amides is 2. The first kappa shape index (κ1) is 22.6. The molecule has 2 amide bonds. The van der Waals surface area contributed by atoms with Crippen LogP contribution in [0.25, 0.3) is 0 Å². The fourth-order valence-electron chi connectivity index (χ4n) is 2.15. The normalized spacial score (nSPS) is 11.8. The number of hydrogen-bond acceptors (Lipinski definition) is 6. The SMILES string of the molecule is CC/C=C\CSCC(=O)NCCC(NC(=O)c1ccccc1O)C(=O)OC. The molecule has 27 heavy (non-hydrogen) atoms. The number of nitrogens with one attached hydrogen (secondary N) is 2. The van der Waals surface area contributed by atoms with E-state index in [9.17, 15) is 19.5 Å². The van der Waals surface area contributed by atoms with E-state index in [1.807, 2.05) is 19.1 Å². The summed E-state index contributed by atoms with van der Waals surface area (Å²) in [6, 6.07) is 5.11. The van der Waals surface area contributed by atoms with Crippen molar-refractivity contribution in [2.75, 3.05) is 25.2 Å². The summed E-state index contributed by atoms with van der Waals surface area (Å²) in [6.45, 7) is 2.26. The summed E-state index contributed by atoms with van der Waals surface area (Å²) >= 11 is 1.49. The third-order valence-corrected chi connectivity index (χ3v) is 4.44. The molecule has 0 aliphatic rings. The van der Waals surface area contributed by atoms with E-state index in [0.717, 1.165) is 12.2 Å². The third-order valence-electron chi connectivity index (χ3n) is 3.54. The Morgan fingerprint density at radius 3 is 2.67 bits per heavy atom. The van der Waals surface area contributed by atoms with Gasteiger partial charge in [0.2, 0.25) is 5.91 Å². The first-order chi connectivity index (χ1) is 13.0. The Bertz CT molecular complexity index is 663. The van der Waals surface area contributed by atoms with Gasteiger partial charge >= 0.3 is 5.97 Å². The van der Waals surface area contributed by atoms with Gasteiger partial charge in [0.15, 0.2) is 0 Å². The van der Waals surface area contributed by atoms with Gasteiger partial charge in [0, 0.05) is 12.3 Å². The number of allylic oxidation sites excluding steroid dienone is 1. The van der Waals surface area contributed by atoms with Gasteiger partial charge in [0.25, 0.3) is 5.91 Å². The number of ether oxygens (including phenoxy) is 1. The van der Waals surface area contributed by atoms with E-state index in [1.165, 1.54) is 31.0 Å². The summed E-state index contributed by atoms with van der Waals surface area (Å²) in [6.07, 6.45) is 5.20. The van der Waals surface area contributed by atoms with Crippen molar-refractivity contribution in [3.8, 4) is 5.75 Å². The van der Waals surface area contributed by atoms with Crippen molar-refractivity contribution in [2.45, 2.75) is 25.8 Å². The number of para-hydroxylation sites is 1. The van der Waals surface area contributed by atoms with E-state index in [0.29, 0.717) is 5.75 Å². The maximum absolute atomic E-state index is 12.2. The fraction of sp³-hybridized carbons (Fsp3) is 0.421. The van der Waals surface area contributed by atoms with Crippen molar-refractivity contribution < 1.29 is 24.2 Å². The molecule has 0 bridgehead atoms. The average Bonchev–Trinajstić information content (AvgIpc) is 2.66. The number of hydrogen-bond donors (Lipinski definition) is 3. The zero-order valence-corrected chi connectivity index (χ0v) is 16.4. The second-order valence-corrected chi connectivity index (χ2v) is 6.63. The lowest BCUT2D eigenvalue weighted by Gasteiger charge is -2.17. The van der Waals surface area contributed by atoms with E-state index >= 15 is 0 Å². The van der Waals surface area contributed by atoms with Gasteiger partial charge in [-0.05, 0) is 25.0 Å². The number of phenols is 1. The number of esters is 1. The molecule has 0 radical (unpaired) electrons. The predicted octanol–water partition coefficient (Wildman–Crippen LogP) is 1.87. The fourth-order valence-corrected chi connectivity index (χ4v) is 2.83. The van der Waals surface area contributed by atoms with Crippen LogP contribution in [-0.4, -0.2) is 54.1 Å². The smallest absolute Gasteiger partial charge is 0.328 e. The zero-order valence-electron chi connectivity index (χ0n) is 15.6. The minimum Gasteiger partial charge on any atom is -0.507 e. The molecule has 0 saturated carbocycles. The van der Waals surface area contributed by atoms with Gasteiger partial charge in [-0.3, -0.25) is 9.59 Å². The molecule has 0 saturated heterocycles. The summed E-state index contributed by atoms with van der Waals surface area (Å²) < 4.78 is 4.70. The van der Waals surface area contributed by atoms with Crippen molar-refractivity contribution >= 4 is 29.5 Å². The van der Waals surface area contributed by atoms with E-state index in [4.69, 9.17) is 4.74 Å². The van der Waals surface area contributed by atoms with Crippen molar-refractivity contribution in [2.24, 2.45) is 0 Å². The second-order valence-electron chi connectivity index (χ2n) is 5.60. The van der Waals surface area contributed by atoms with Crippen LogP contribution in [0.3, 0.4) is 0 Å². The predicted molar refractivity (Wildman–Crippen MR) is 106 cm³/mol. The van der Waals surface area contributed by atoms with Crippen LogP contribution in [0.1, 0.15) is 30.1 Å². The molecule has 1 unspecified atom stereocenters. The van der Waals surface area contributed by atoms with Crippen LogP contribution in [0.5, 0.6) is 5.75 Å². The summed E-state index contributed by atoms with van der Waals surface area (Å²) in [5, 5.41) is 15.0. The zero-order chi connectivity index (χ0) is 20.1. The molecule has 1 atom stereocenters. The highest BCUT2D eigenvalue weighted by Crippen LogP contribution is 2.15. The first-order valence-corrected chi connectivity index (χ1v) is 9.81. The lowest BCUT2D eigenvalue weighted by Crippen LogP contribution is -2.43. The first-order valence-electron chi connectivity index (χ1n) is 8.65. The van der Waals surface area contributed by atoms with Gasteiger partial charge in [0.05, 0.1) is 18.4 Å².